The second-order valence-electron chi connectivity index (χ2n) is 12.0. The van der Waals surface area contributed by atoms with Crippen molar-refractivity contribution in [2.24, 2.45) is 0 Å². The molecular weight excluding hydrogens is 507 g/mol. The molecule has 0 saturated heterocycles. The van der Waals surface area contributed by atoms with Crippen LogP contribution in [-0.2, 0) is 9.47 Å². The van der Waals surface area contributed by atoms with Gasteiger partial charge in [0.25, 0.3) is 0 Å². The van der Waals surface area contributed by atoms with E-state index in [4.69, 9.17) is 18.9 Å². The summed E-state index contributed by atoms with van der Waals surface area (Å²) in [5, 5.41) is 2.50. The fourth-order valence-electron chi connectivity index (χ4n) is 5.02. The van der Waals surface area contributed by atoms with Crippen LogP contribution in [0.2, 0.25) is 39.3 Å². The lowest BCUT2D eigenvalue weighted by atomic mass is 10.0. The molecule has 0 aliphatic heterocycles. The molecule has 0 unspecified atom stereocenters. The second kappa shape index (κ2) is 12.1. The van der Waals surface area contributed by atoms with E-state index in [-0.39, 0.29) is 13.6 Å². The monoisotopic (exact) mass is 551 g/mol. The van der Waals surface area contributed by atoms with Gasteiger partial charge in [-0.2, -0.15) is 0 Å². The zero-order valence-corrected chi connectivity index (χ0v) is 27.1. The van der Waals surface area contributed by atoms with Gasteiger partial charge in [-0.3, -0.25) is 0 Å². The zero-order valence-electron chi connectivity index (χ0n) is 25.1. The molecular formula is C31H45NO4Si2. The molecule has 0 aliphatic rings. The van der Waals surface area contributed by atoms with Gasteiger partial charge in [-0.15, -0.1) is 0 Å². The Morgan fingerprint density at radius 3 is 1.37 bits per heavy atom. The third-order valence-electron chi connectivity index (χ3n) is 6.59. The molecule has 0 atom stereocenters. The highest BCUT2D eigenvalue weighted by Gasteiger charge is 2.31. The standard InChI is InChI=1S/C31H45NO4Si2/c1-22-18-23(2)29(24(3)19-22)32(25-14-12-16-27(37(6,7)8)30(25)35-20-33-4)26-15-13-17-28(38(9,10)11)31(26)36-21-34-5/h12-19H,20-21H2,1-11H3. The molecule has 0 aliphatic carbocycles. The fraction of sp³-hybridized carbons (Fsp3) is 0.419. The summed E-state index contributed by atoms with van der Waals surface area (Å²) in [6.45, 7) is 20.9. The summed E-state index contributed by atoms with van der Waals surface area (Å²) in [6.07, 6.45) is 0. The van der Waals surface area contributed by atoms with Gasteiger partial charge in [-0.25, -0.2) is 0 Å². The number of rotatable bonds is 11. The van der Waals surface area contributed by atoms with Gasteiger partial charge in [0.2, 0.25) is 0 Å². The van der Waals surface area contributed by atoms with Gasteiger partial charge in [0.05, 0.1) is 33.2 Å². The summed E-state index contributed by atoms with van der Waals surface area (Å²) >= 11 is 0. The lowest BCUT2D eigenvalue weighted by Crippen LogP contribution is -2.40. The number of aryl methyl sites for hydroxylation is 3. The number of hydrogen-bond donors (Lipinski definition) is 0. The molecule has 0 amide bonds. The van der Waals surface area contributed by atoms with E-state index in [0.29, 0.717) is 0 Å². The minimum absolute atomic E-state index is 0.177. The first-order valence-corrected chi connectivity index (χ1v) is 20.2. The van der Waals surface area contributed by atoms with Crippen LogP contribution < -0.4 is 24.7 Å². The van der Waals surface area contributed by atoms with Crippen molar-refractivity contribution in [3.8, 4) is 11.5 Å². The molecule has 0 radical (unpaired) electrons. The summed E-state index contributed by atoms with van der Waals surface area (Å²) in [6, 6.07) is 17.5. The van der Waals surface area contributed by atoms with Gasteiger partial charge < -0.3 is 23.8 Å². The third-order valence-corrected chi connectivity index (χ3v) is 10.6. The Morgan fingerprint density at radius 1 is 0.632 bits per heavy atom. The van der Waals surface area contributed by atoms with E-state index < -0.39 is 16.1 Å². The highest BCUT2D eigenvalue weighted by Crippen LogP contribution is 2.46. The van der Waals surface area contributed by atoms with Crippen LogP contribution in [0.5, 0.6) is 11.5 Å². The fourth-order valence-corrected chi connectivity index (χ4v) is 7.97. The van der Waals surface area contributed by atoms with E-state index >= 15 is 0 Å². The molecule has 0 bridgehead atoms. The van der Waals surface area contributed by atoms with Crippen LogP contribution in [0, 0.1) is 20.8 Å². The average Bonchev–Trinajstić information content (AvgIpc) is 2.82. The van der Waals surface area contributed by atoms with Crippen molar-refractivity contribution in [1.29, 1.82) is 0 Å². The molecule has 0 N–H and O–H groups in total. The summed E-state index contributed by atoms with van der Waals surface area (Å²) in [5.41, 5.74) is 6.70. The predicted molar refractivity (Wildman–Crippen MR) is 166 cm³/mol. The van der Waals surface area contributed by atoms with Crippen molar-refractivity contribution in [2.75, 3.05) is 32.7 Å². The molecule has 3 aromatic carbocycles. The maximum atomic E-state index is 6.40. The van der Waals surface area contributed by atoms with Crippen molar-refractivity contribution in [1.82, 2.24) is 0 Å². The first-order valence-electron chi connectivity index (χ1n) is 13.2. The highest BCUT2D eigenvalue weighted by molar-refractivity contribution is 6.90. The van der Waals surface area contributed by atoms with Crippen LogP contribution in [0.3, 0.4) is 0 Å². The topological polar surface area (TPSA) is 40.2 Å². The largest absolute Gasteiger partial charge is 0.465 e. The van der Waals surface area contributed by atoms with Crippen LogP contribution in [-0.4, -0.2) is 44.0 Å². The van der Waals surface area contributed by atoms with Crippen LogP contribution in [0.4, 0.5) is 17.1 Å². The van der Waals surface area contributed by atoms with Gasteiger partial charge in [0.15, 0.2) is 13.6 Å². The number of benzene rings is 3. The summed E-state index contributed by atoms with van der Waals surface area (Å²) < 4.78 is 23.6. The predicted octanol–water partition coefficient (Wildman–Crippen LogP) is 7.14. The van der Waals surface area contributed by atoms with Gasteiger partial charge >= 0.3 is 0 Å². The van der Waals surface area contributed by atoms with E-state index in [1.165, 1.54) is 27.1 Å². The van der Waals surface area contributed by atoms with Crippen molar-refractivity contribution >= 4 is 43.6 Å². The lowest BCUT2D eigenvalue weighted by Gasteiger charge is -2.34. The zero-order chi connectivity index (χ0) is 28.3. The van der Waals surface area contributed by atoms with E-state index in [1.807, 2.05) is 0 Å². The maximum Gasteiger partial charge on any atom is 0.188 e. The van der Waals surface area contributed by atoms with Crippen LogP contribution in [0.15, 0.2) is 48.5 Å². The smallest absolute Gasteiger partial charge is 0.188 e. The number of para-hydroxylation sites is 2. The Labute approximate surface area is 231 Å². The molecule has 3 rings (SSSR count). The molecule has 206 valence electrons. The van der Waals surface area contributed by atoms with Crippen molar-refractivity contribution < 1.29 is 18.9 Å². The molecule has 5 nitrogen and oxygen atoms in total. The SMILES string of the molecule is COCOc1c(N(c2cccc([Si](C)(C)C)c2OCOC)c2c(C)cc(C)cc2C)cccc1[Si](C)(C)C. The van der Waals surface area contributed by atoms with Crippen LogP contribution in [0.25, 0.3) is 0 Å². The van der Waals surface area contributed by atoms with Gasteiger partial charge in [0, 0.05) is 14.2 Å². The molecule has 7 heteroatoms. The first kappa shape index (κ1) is 30.0. The third kappa shape index (κ3) is 6.51. The van der Waals surface area contributed by atoms with E-state index in [9.17, 15) is 0 Å². The average molecular weight is 552 g/mol. The summed E-state index contributed by atoms with van der Waals surface area (Å²) in [7, 11) is -0.213. The molecule has 0 aromatic heterocycles. The Balaban J connectivity index is 2.49. The van der Waals surface area contributed by atoms with Gasteiger partial charge in [-0.05, 0) is 54.4 Å². The van der Waals surface area contributed by atoms with Crippen molar-refractivity contribution in [3.05, 3.63) is 65.2 Å². The molecule has 38 heavy (non-hydrogen) atoms. The number of hydrogen-bond acceptors (Lipinski definition) is 5. The Hall–Kier alpha value is -2.59. The molecule has 0 spiro atoms. The summed E-state index contributed by atoms with van der Waals surface area (Å²) in [5.74, 6) is 1.73. The lowest BCUT2D eigenvalue weighted by molar-refractivity contribution is 0.0518. The van der Waals surface area contributed by atoms with E-state index in [0.717, 1.165) is 28.6 Å². The normalized spacial score (nSPS) is 12.0. The number of nitrogens with zero attached hydrogens (tertiary/aromatic N) is 1. The highest BCUT2D eigenvalue weighted by atomic mass is 28.3. The number of anilines is 3. The van der Waals surface area contributed by atoms with Gasteiger partial charge in [-0.1, -0.05) is 81.2 Å². The van der Waals surface area contributed by atoms with Crippen molar-refractivity contribution in [2.45, 2.75) is 60.1 Å². The summed E-state index contributed by atoms with van der Waals surface area (Å²) in [4.78, 5) is 2.33. The molecule has 0 saturated carbocycles. The second-order valence-corrected chi connectivity index (χ2v) is 22.1. The number of methoxy groups -OCH3 is 2. The Bertz CT molecular complexity index is 1170. The van der Waals surface area contributed by atoms with E-state index in [1.54, 1.807) is 14.2 Å². The van der Waals surface area contributed by atoms with Gasteiger partial charge in [0.1, 0.15) is 11.5 Å². The Kier molecular flexibility index (Phi) is 9.52. The van der Waals surface area contributed by atoms with Crippen LogP contribution in [0.1, 0.15) is 16.7 Å². The van der Waals surface area contributed by atoms with Crippen LogP contribution >= 0.6 is 0 Å². The maximum absolute atomic E-state index is 6.40. The number of ether oxygens (including phenoxy) is 4. The molecule has 0 heterocycles. The minimum atomic E-state index is -1.77. The van der Waals surface area contributed by atoms with E-state index in [2.05, 4.69) is 113 Å². The quantitative estimate of drug-likeness (QED) is 0.187. The Morgan fingerprint density at radius 2 is 1.03 bits per heavy atom. The van der Waals surface area contributed by atoms with Crippen molar-refractivity contribution in [3.63, 3.8) is 0 Å². The first-order chi connectivity index (χ1) is 17.8. The minimum Gasteiger partial charge on any atom is -0.465 e. The molecule has 3 aromatic rings. The molecule has 0 fully saturated rings.